The minimum Gasteiger partial charge on any atom is -0.462 e. The number of urea groups is 1. The van der Waals surface area contributed by atoms with Crippen LogP contribution < -0.4 is 5.73 Å². The first kappa shape index (κ1) is 14.2. The number of nitrogens with two attached hydrogens (primary N) is 1. The quantitative estimate of drug-likeness (QED) is 0.596. The maximum absolute atomic E-state index is 11.6. The van der Waals surface area contributed by atoms with Gasteiger partial charge in [0.1, 0.15) is 6.10 Å². The lowest BCUT2D eigenvalue weighted by Crippen LogP contribution is -2.49. The molecule has 5 nitrogen and oxygen atoms in total. The van der Waals surface area contributed by atoms with Gasteiger partial charge in [-0.05, 0) is 38.5 Å². The number of hydrogen-bond acceptors (Lipinski definition) is 3. The second-order valence-corrected chi connectivity index (χ2v) is 5.68. The van der Waals surface area contributed by atoms with E-state index >= 15 is 0 Å². The topological polar surface area (TPSA) is 79.4 Å². The molecule has 0 bridgehead atoms. The van der Waals surface area contributed by atoms with Crippen molar-refractivity contribution in [2.75, 3.05) is 0 Å². The van der Waals surface area contributed by atoms with Gasteiger partial charge in [-0.3, -0.25) is 5.41 Å². The van der Waals surface area contributed by atoms with Crippen molar-refractivity contribution < 1.29 is 9.53 Å². The third-order valence-electron chi connectivity index (χ3n) is 4.23. The van der Waals surface area contributed by atoms with E-state index in [-0.39, 0.29) is 18.2 Å². The van der Waals surface area contributed by atoms with Crippen LogP contribution in [0, 0.1) is 5.41 Å². The van der Waals surface area contributed by atoms with Gasteiger partial charge in [-0.25, -0.2) is 9.69 Å². The second-order valence-electron chi connectivity index (χ2n) is 5.68. The van der Waals surface area contributed by atoms with Crippen LogP contribution >= 0.6 is 0 Å². The van der Waals surface area contributed by atoms with E-state index < -0.39 is 6.03 Å². The van der Waals surface area contributed by atoms with Crippen LogP contribution in [0.15, 0.2) is 0 Å². The Hall–Kier alpha value is -1.26. The molecule has 2 amide bonds. The number of nitrogens with zero attached hydrogens (tertiary/aromatic N) is 1. The van der Waals surface area contributed by atoms with Gasteiger partial charge in [-0.2, -0.15) is 0 Å². The first-order valence-corrected chi connectivity index (χ1v) is 7.52. The molecule has 2 fully saturated rings. The Kier molecular flexibility index (Phi) is 5.05. The first-order valence-electron chi connectivity index (χ1n) is 7.52. The Morgan fingerprint density at radius 1 is 1.00 bits per heavy atom. The van der Waals surface area contributed by atoms with E-state index in [2.05, 4.69) is 0 Å². The van der Waals surface area contributed by atoms with Crippen LogP contribution in [0.5, 0.6) is 0 Å². The molecule has 5 heteroatoms. The highest BCUT2D eigenvalue weighted by Gasteiger charge is 2.30. The number of ether oxygens (including phenoxy) is 1. The molecule has 2 saturated carbocycles. The van der Waals surface area contributed by atoms with Crippen LogP contribution in [0.4, 0.5) is 4.79 Å². The summed E-state index contributed by atoms with van der Waals surface area (Å²) in [6.45, 7) is 0. The van der Waals surface area contributed by atoms with Gasteiger partial charge in [0.05, 0.1) is 0 Å². The molecule has 0 unspecified atom stereocenters. The summed E-state index contributed by atoms with van der Waals surface area (Å²) in [5, 5.41) is 8.05. The molecule has 0 spiro atoms. The van der Waals surface area contributed by atoms with Crippen molar-refractivity contribution in [3.05, 3.63) is 0 Å². The zero-order valence-electron chi connectivity index (χ0n) is 11.6. The second kappa shape index (κ2) is 6.78. The highest BCUT2D eigenvalue weighted by Crippen LogP contribution is 2.25. The van der Waals surface area contributed by atoms with E-state index in [0.29, 0.717) is 0 Å². The lowest BCUT2D eigenvalue weighted by molar-refractivity contribution is 0.103. The Morgan fingerprint density at radius 3 is 2.05 bits per heavy atom. The molecule has 0 saturated heterocycles. The molecule has 0 atom stereocenters. The van der Waals surface area contributed by atoms with Crippen molar-refractivity contribution >= 4 is 12.1 Å². The number of hydrogen-bond donors (Lipinski definition) is 2. The third-order valence-corrected chi connectivity index (χ3v) is 4.23. The molecule has 0 aromatic heterocycles. The van der Waals surface area contributed by atoms with Crippen molar-refractivity contribution in [2.45, 2.75) is 76.4 Å². The maximum Gasteiger partial charge on any atom is 0.323 e. The van der Waals surface area contributed by atoms with Crippen molar-refractivity contribution in [1.82, 2.24) is 4.90 Å². The number of carbonyl (C=O) groups is 1. The van der Waals surface area contributed by atoms with Gasteiger partial charge in [0, 0.05) is 6.04 Å². The largest absolute Gasteiger partial charge is 0.462 e. The summed E-state index contributed by atoms with van der Waals surface area (Å²) in [4.78, 5) is 13.0. The minimum absolute atomic E-state index is 0.0358. The summed E-state index contributed by atoms with van der Waals surface area (Å²) in [5.74, 6) is 0. The highest BCUT2D eigenvalue weighted by atomic mass is 16.5. The van der Waals surface area contributed by atoms with Gasteiger partial charge in [0.15, 0.2) is 0 Å². The van der Waals surface area contributed by atoms with Crippen LogP contribution in [-0.2, 0) is 4.74 Å². The smallest absolute Gasteiger partial charge is 0.323 e. The number of primary amides is 1. The standard InChI is InChI=1S/C14H25N3O2/c15-13(18)17(11-7-3-1-4-8-11)14(16)19-12-9-5-2-6-10-12/h11-12,16H,1-10H2,(H2,15,18). The monoisotopic (exact) mass is 267 g/mol. The molecule has 2 aliphatic rings. The Labute approximate surface area is 115 Å². The van der Waals surface area contributed by atoms with E-state index in [9.17, 15) is 4.79 Å². The summed E-state index contributed by atoms with van der Waals surface area (Å²) in [7, 11) is 0. The van der Waals surface area contributed by atoms with Gasteiger partial charge < -0.3 is 10.5 Å². The first-order chi connectivity index (χ1) is 9.18. The highest BCUT2D eigenvalue weighted by molar-refractivity contribution is 5.91. The fourth-order valence-corrected chi connectivity index (χ4v) is 3.18. The average molecular weight is 267 g/mol. The van der Waals surface area contributed by atoms with E-state index in [0.717, 1.165) is 51.4 Å². The lowest BCUT2D eigenvalue weighted by Gasteiger charge is -2.34. The van der Waals surface area contributed by atoms with Crippen molar-refractivity contribution in [3.8, 4) is 0 Å². The zero-order valence-corrected chi connectivity index (χ0v) is 11.6. The van der Waals surface area contributed by atoms with Gasteiger partial charge in [0.25, 0.3) is 6.02 Å². The fraction of sp³-hybridized carbons (Fsp3) is 0.857. The van der Waals surface area contributed by atoms with E-state index in [1.165, 1.54) is 17.7 Å². The molecule has 2 rings (SSSR count). The number of amidine groups is 1. The molecule has 2 aliphatic carbocycles. The molecule has 0 heterocycles. The van der Waals surface area contributed by atoms with Crippen molar-refractivity contribution in [3.63, 3.8) is 0 Å². The molecular formula is C14H25N3O2. The van der Waals surface area contributed by atoms with Gasteiger partial charge in [0.2, 0.25) is 0 Å². The van der Waals surface area contributed by atoms with E-state index in [1.54, 1.807) is 0 Å². The Bertz CT molecular complexity index is 321. The lowest BCUT2D eigenvalue weighted by atomic mass is 9.94. The maximum atomic E-state index is 11.6. The Morgan fingerprint density at radius 2 is 1.53 bits per heavy atom. The van der Waals surface area contributed by atoms with Gasteiger partial charge >= 0.3 is 6.03 Å². The predicted octanol–water partition coefficient (Wildman–Crippen LogP) is 2.98. The number of amides is 2. The summed E-state index contributed by atoms with van der Waals surface area (Å²) in [6.07, 6.45) is 10.9. The summed E-state index contributed by atoms with van der Waals surface area (Å²) in [6, 6.07) is -0.527. The number of carbonyl (C=O) groups excluding carboxylic acids is 1. The molecule has 19 heavy (non-hydrogen) atoms. The molecular weight excluding hydrogens is 242 g/mol. The SMILES string of the molecule is N=C(OC1CCCCC1)N(C(N)=O)C1CCCCC1. The number of rotatable bonds is 2. The predicted molar refractivity (Wildman–Crippen MR) is 74.0 cm³/mol. The normalized spacial score (nSPS) is 21.9. The molecule has 0 aliphatic heterocycles. The van der Waals surface area contributed by atoms with Gasteiger partial charge in [-0.15, -0.1) is 0 Å². The molecule has 0 aromatic carbocycles. The molecule has 3 N–H and O–H groups in total. The van der Waals surface area contributed by atoms with Crippen molar-refractivity contribution in [2.24, 2.45) is 5.73 Å². The fourth-order valence-electron chi connectivity index (χ4n) is 3.18. The zero-order chi connectivity index (χ0) is 13.7. The van der Waals surface area contributed by atoms with E-state index in [1.807, 2.05) is 0 Å². The van der Waals surface area contributed by atoms with Crippen LogP contribution in [0.25, 0.3) is 0 Å². The molecule has 0 aromatic rings. The number of nitrogens with one attached hydrogen (secondary N) is 1. The van der Waals surface area contributed by atoms with Crippen molar-refractivity contribution in [1.29, 1.82) is 5.41 Å². The summed E-state index contributed by atoms with van der Waals surface area (Å²) in [5.41, 5.74) is 5.44. The third kappa shape index (κ3) is 3.85. The van der Waals surface area contributed by atoms with E-state index in [4.69, 9.17) is 15.9 Å². The molecule has 0 radical (unpaired) electrons. The Balaban J connectivity index is 1.93. The van der Waals surface area contributed by atoms with Crippen LogP contribution in [-0.4, -0.2) is 29.1 Å². The van der Waals surface area contributed by atoms with Crippen LogP contribution in [0.3, 0.4) is 0 Å². The summed E-state index contributed by atoms with van der Waals surface area (Å²) >= 11 is 0. The van der Waals surface area contributed by atoms with Crippen LogP contribution in [0.2, 0.25) is 0 Å². The average Bonchev–Trinajstić information content (AvgIpc) is 2.40. The van der Waals surface area contributed by atoms with Gasteiger partial charge in [-0.1, -0.05) is 25.7 Å². The summed E-state index contributed by atoms with van der Waals surface area (Å²) < 4.78 is 5.68. The van der Waals surface area contributed by atoms with Crippen LogP contribution in [0.1, 0.15) is 64.2 Å². The molecule has 108 valence electrons. The minimum atomic E-state index is -0.548.